The number of amides is 1. The van der Waals surface area contributed by atoms with Gasteiger partial charge in [-0.05, 0) is 54.5 Å². The number of allylic oxidation sites excluding steroid dienone is 2. The maximum Gasteiger partial charge on any atom is 0.224 e. The van der Waals surface area contributed by atoms with E-state index in [0.717, 1.165) is 24.1 Å². The molecule has 24 heavy (non-hydrogen) atoms. The number of nitrogens with zero attached hydrogens (tertiary/aromatic N) is 1. The van der Waals surface area contributed by atoms with Gasteiger partial charge in [0, 0.05) is 12.1 Å². The van der Waals surface area contributed by atoms with E-state index in [0.29, 0.717) is 11.8 Å². The summed E-state index contributed by atoms with van der Waals surface area (Å²) in [7, 11) is 0. The molecular weight excluding hydrogens is 303 g/mol. The number of aromatic nitrogens is 1. The summed E-state index contributed by atoms with van der Waals surface area (Å²) in [5, 5.41) is 3.14. The number of benzene rings is 1. The summed E-state index contributed by atoms with van der Waals surface area (Å²) in [6, 6.07) is 11.5. The largest absolute Gasteiger partial charge is 0.343 e. The molecule has 0 radical (unpaired) electrons. The van der Waals surface area contributed by atoms with E-state index >= 15 is 0 Å². The lowest BCUT2D eigenvalue weighted by atomic mass is 9.92. The highest BCUT2D eigenvalue weighted by atomic mass is 19.1. The number of hydrogen-bond donors (Lipinski definition) is 1. The van der Waals surface area contributed by atoms with Crippen LogP contribution in [0.4, 0.5) is 4.39 Å². The first-order valence-electron chi connectivity index (χ1n) is 8.36. The van der Waals surface area contributed by atoms with Gasteiger partial charge in [0.25, 0.3) is 0 Å². The highest BCUT2D eigenvalue weighted by molar-refractivity contribution is 5.80. The van der Waals surface area contributed by atoms with Crippen LogP contribution in [0.15, 0.2) is 60.8 Å². The third kappa shape index (κ3) is 2.84. The first kappa shape index (κ1) is 15.1. The molecular formula is C20H19FN2O. The fourth-order valence-electron chi connectivity index (χ4n) is 3.86. The van der Waals surface area contributed by atoms with E-state index in [9.17, 15) is 9.18 Å². The topological polar surface area (TPSA) is 42.0 Å². The predicted octanol–water partition coefficient (Wildman–Crippen LogP) is 3.64. The van der Waals surface area contributed by atoms with Crippen molar-refractivity contribution in [3.8, 4) is 0 Å². The molecule has 1 aromatic carbocycles. The molecule has 0 aliphatic heterocycles. The fourth-order valence-corrected chi connectivity index (χ4v) is 3.86. The second-order valence-electron chi connectivity index (χ2n) is 6.63. The van der Waals surface area contributed by atoms with Crippen molar-refractivity contribution in [1.29, 1.82) is 0 Å². The number of rotatable bonds is 4. The normalized spacial score (nSPS) is 25.6. The average molecular weight is 322 g/mol. The summed E-state index contributed by atoms with van der Waals surface area (Å²) in [5.41, 5.74) is 1.60. The molecule has 4 rings (SSSR count). The first-order valence-corrected chi connectivity index (χ1v) is 8.36. The van der Waals surface area contributed by atoms with E-state index in [1.165, 1.54) is 12.1 Å². The van der Waals surface area contributed by atoms with Crippen molar-refractivity contribution in [3.63, 3.8) is 0 Å². The van der Waals surface area contributed by atoms with Crippen molar-refractivity contribution in [1.82, 2.24) is 10.3 Å². The molecule has 2 aromatic rings. The maximum atomic E-state index is 13.3. The van der Waals surface area contributed by atoms with Gasteiger partial charge in [0.1, 0.15) is 5.82 Å². The molecule has 4 atom stereocenters. The third-order valence-corrected chi connectivity index (χ3v) is 5.09. The Hall–Kier alpha value is -2.49. The van der Waals surface area contributed by atoms with E-state index in [1.54, 1.807) is 18.3 Å². The second kappa shape index (κ2) is 6.19. The summed E-state index contributed by atoms with van der Waals surface area (Å²) in [6.07, 6.45) is 8.11. The molecule has 1 saturated carbocycles. The van der Waals surface area contributed by atoms with Crippen molar-refractivity contribution in [2.75, 3.05) is 0 Å². The molecule has 0 saturated heterocycles. The van der Waals surface area contributed by atoms with Crippen LogP contribution in [-0.4, -0.2) is 10.9 Å². The van der Waals surface area contributed by atoms with Gasteiger partial charge in [-0.2, -0.15) is 0 Å². The van der Waals surface area contributed by atoms with Crippen LogP contribution in [0.1, 0.15) is 30.1 Å². The SMILES string of the molecule is O=C(NC(c1ccc(F)cc1)c1ccccn1)C1CC2C=CC1C2. The lowest BCUT2D eigenvalue weighted by Gasteiger charge is -2.23. The van der Waals surface area contributed by atoms with Gasteiger partial charge >= 0.3 is 0 Å². The summed E-state index contributed by atoms with van der Waals surface area (Å²) >= 11 is 0. The second-order valence-corrected chi connectivity index (χ2v) is 6.63. The van der Waals surface area contributed by atoms with Gasteiger partial charge in [-0.3, -0.25) is 9.78 Å². The maximum absolute atomic E-state index is 13.3. The van der Waals surface area contributed by atoms with Crippen LogP contribution in [0.2, 0.25) is 0 Å². The Kier molecular flexibility index (Phi) is 3.89. The zero-order valence-electron chi connectivity index (χ0n) is 13.2. The number of nitrogens with one attached hydrogen (secondary N) is 1. The Bertz CT molecular complexity index is 757. The molecule has 3 nitrogen and oxygen atoms in total. The van der Waals surface area contributed by atoms with Crippen molar-refractivity contribution in [2.24, 2.45) is 17.8 Å². The molecule has 2 aliphatic rings. The molecule has 1 heterocycles. The average Bonchev–Trinajstić information content (AvgIpc) is 3.24. The quantitative estimate of drug-likeness (QED) is 0.873. The Balaban J connectivity index is 1.60. The fraction of sp³-hybridized carbons (Fsp3) is 0.300. The summed E-state index contributed by atoms with van der Waals surface area (Å²) in [6.45, 7) is 0. The third-order valence-electron chi connectivity index (χ3n) is 5.09. The highest BCUT2D eigenvalue weighted by Crippen LogP contribution is 2.43. The Morgan fingerprint density at radius 2 is 1.96 bits per heavy atom. The molecule has 1 amide bonds. The van der Waals surface area contributed by atoms with Crippen LogP contribution in [-0.2, 0) is 4.79 Å². The number of hydrogen-bond acceptors (Lipinski definition) is 2. The molecule has 4 heteroatoms. The number of halogens is 1. The van der Waals surface area contributed by atoms with Gasteiger partial charge in [-0.15, -0.1) is 0 Å². The highest BCUT2D eigenvalue weighted by Gasteiger charge is 2.40. The van der Waals surface area contributed by atoms with Gasteiger partial charge in [-0.25, -0.2) is 4.39 Å². The number of pyridine rings is 1. The minimum absolute atomic E-state index is 0.0339. The monoisotopic (exact) mass is 322 g/mol. The van der Waals surface area contributed by atoms with Gasteiger partial charge < -0.3 is 5.32 Å². The van der Waals surface area contributed by atoms with Crippen LogP contribution >= 0.6 is 0 Å². The molecule has 1 aromatic heterocycles. The summed E-state index contributed by atoms with van der Waals surface area (Å²) in [5.74, 6) is 0.707. The van der Waals surface area contributed by atoms with Crippen molar-refractivity contribution in [3.05, 3.63) is 77.9 Å². The van der Waals surface area contributed by atoms with Crippen molar-refractivity contribution < 1.29 is 9.18 Å². The van der Waals surface area contributed by atoms with E-state index in [2.05, 4.69) is 22.5 Å². The number of carbonyl (C=O) groups excluding carboxylic acids is 1. The lowest BCUT2D eigenvalue weighted by molar-refractivity contribution is -0.126. The van der Waals surface area contributed by atoms with Crippen LogP contribution < -0.4 is 5.32 Å². The Morgan fingerprint density at radius 3 is 2.58 bits per heavy atom. The van der Waals surface area contributed by atoms with Gasteiger partial charge in [-0.1, -0.05) is 30.4 Å². The van der Waals surface area contributed by atoms with E-state index in [1.807, 2.05) is 18.2 Å². The standard InChI is InChI=1S/C20H19FN2O/c21-16-8-6-14(7-9-16)19(18-3-1-2-10-22-18)23-20(24)17-12-13-4-5-15(17)11-13/h1-10,13,15,17,19H,11-12H2,(H,23,24). The van der Waals surface area contributed by atoms with E-state index in [-0.39, 0.29) is 23.7 Å². The lowest BCUT2D eigenvalue weighted by Crippen LogP contribution is -2.36. The van der Waals surface area contributed by atoms with Crippen LogP contribution in [0, 0.1) is 23.6 Å². The predicted molar refractivity (Wildman–Crippen MR) is 89.5 cm³/mol. The van der Waals surface area contributed by atoms with Crippen molar-refractivity contribution in [2.45, 2.75) is 18.9 Å². The van der Waals surface area contributed by atoms with Gasteiger partial charge in [0.2, 0.25) is 5.91 Å². The summed E-state index contributed by atoms with van der Waals surface area (Å²) < 4.78 is 13.3. The molecule has 2 aliphatic carbocycles. The van der Waals surface area contributed by atoms with E-state index < -0.39 is 0 Å². The van der Waals surface area contributed by atoms with Crippen molar-refractivity contribution >= 4 is 5.91 Å². The van der Waals surface area contributed by atoms with Crippen LogP contribution in [0.25, 0.3) is 0 Å². The molecule has 2 bridgehead atoms. The van der Waals surface area contributed by atoms with Gasteiger partial charge in [0.15, 0.2) is 0 Å². The number of carbonyl (C=O) groups is 1. The molecule has 1 fully saturated rings. The zero-order valence-corrected chi connectivity index (χ0v) is 13.2. The Labute approximate surface area is 140 Å². The molecule has 1 N–H and O–H groups in total. The minimum Gasteiger partial charge on any atom is -0.343 e. The summed E-state index contributed by atoms with van der Waals surface area (Å²) in [4.78, 5) is 17.2. The van der Waals surface area contributed by atoms with Gasteiger partial charge in [0.05, 0.1) is 11.7 Å². The minimum atomic E-state index is -0.359. The van der Waals surface area contributed by atoms with Crippen LogP contribution in [0.3, 0.4) is 0 Å². The molecule has 122 valence electrons. The molecule has 0 spiro atoms. The first-order chi connectivity index (χ1) is 11.7. The number of fused-ring (bicyclic) bond motifs is 2. The van der Waals surface area contributed by atoms with Crippen LogP contribution in [0.5, 0.6) is 0 Å². The van der Waals surface area contributed by atoms with E-state index in [4.69, 9.17) is 0 Å². The Morgan fingerprint density at radius 1 is 1.12 bits per heavy atom. The smallest absolute Gasteiger partial charge is 0.224 e. The molecule has 4 unspecified atom stereocenters. The zero-order chi connectivity index (χ0) is 16.5.